The summed E-state index contributed by atoms with van der Waals surface area (Å²) in [7, 11) is 0. The number of rotatable bonds is 6. The van der Waals surface area contributed by atoms with Gasteiger partial charge < -0.3 is 10.6 Å². The van der Waals surface area contributed by atoms with Gasteiger partial charge in [0.1, 0.15) is 0 Å². The molecule has 1 unspecified atom stereocenters. The van der Waals surface area contributed by atoms with Crippen molar-refractivity contribution < 1.29 is 22.8 Å². The van der Waals surface area contributed by atoms with Gasteiger partial charge in [0.05, 0.1) is 24.3 Å². The van der Waals surface area contributed by atoms with E-state index < -0.39 is 11.7 Å². The number of hydrogen-bond donors (Lipinski definition) is 2. The molecule has 2 N–H and O–H groups in total. The third-order valence-corrected chi connectivity index (χ3v) is 5.87. The van der Waals surface area contributed by atoms with Crippen LogP contribution >= 0.6 is 15.9 Å². The molecule has 2 aromatic rings. The first-order valence-corrected chi connectivity index (χ1v) is 10.8. The topological polar surface area (TPSA) is 61.4 Å². The molecule has 3 rings (SSSR count). The minimum atomic E-state index is -4.37. The largest absolute Gasteiger partial charge is 0.416 e. The summed E-state index contributed by atoms with van der Waals surface area (Å²) in [6, 6.07) is 12.1. The molecule has 1 aliphatic heterocycles. The van der Waals surface area contributed by atoms with Crippen molar-refractivity contribution in [3.05, 3.63) is 64.1 Å². The number of carbonyl (C=O) groups is 2. The van der Waals surface area contributed by atoms with Crippen LogP contribution in [0.25, 0.3) is 0 Å². The van der Waals surface area contributed by atoms with Crippen LogP contribution in [0.3, 0.4) is 0 Å². The molecule has 0 radical (unpaired) electrons. The van der Waals surface area contributed by atoms with Gasteiger partial charge in [-0.1, -0.05) is 30.7 Å². The first-order chi connectivity index (χ1) is 14.7. The number of halogens is 4. The van der Waals surface area contributed by atoms with E-state index in [-0.39, 0.29) is 30.9 Å². The van der Waals surface area contributed by atoms with Crippen molar-refractivity contribution in [2.24, 2.45) is 0 Å². The van der Waals surface area contributed by atoms with Gasteiger partial charge >= 0.3 is 6.18 Å². The van der Waals surface area contributed by atoms with Gasteiger partial charge in [0.2, 0.25) is 11.8 Å². The molecule has 2 aromatic carbocycles. The fourth-order valence-electron chi connectivity index (χ4n) is 3.63. The summed E-state index contributed by atoms with van der Waals surface area (Å²) in [6.45, 7) is 0.579. The summed E-state index contributed by atoms with van der Waals surface area (Å²) < 4.78 is 39.2. The Morgan fingerprint density at radius 3 is 2.42 bits per heavy atom. The van der Waals surface area contributed by atoms with Crippen molar-refractivity contribution in [3.8, 4) is 0 Å². The number of para-hydroxylation sites is 1. The van der Waals surface area contributed by atoms with Gasteiger partial charge in [-0.3, -0.25) is 14.5 Å². The highest BCUT2D eigenvalue weighted by atomic mass is 79.9. The lowest BCUT2D eigenvalue weighted by atomic mass is 9.94. The second kappa shape index (κ2) is 10.3. The molecule has 1 saturated heterocycles. The zero-order valence-electron chi connectivity index (χ0n) is 16.7. The first-order valence-electron chi connectivity index (χ1n) is 9.96. The summed E-state index contributed by atoms with van der Waals surface area (Å²) in [5, 5.41) is 5.33. The highest BCUT2D eigenvalue weighted by molar-refractivity contribution is 9.10. The van der Waals surface area contributed by atoms with Crippen LogP contribution in [-0.4, -0.2) is 36.3 Å². The average molecular weight is 498 g/mol. The average Bonchev–Trinajstić information content (AvgIpc) is 2.74. The number of anilines is 1. The van der Waals surface area contributed by atoms with Gasteiger partial charge in [-0.2, -0.15) is 13.2 Å². The molecule has 1 fully saturated rings. The van der Waals surface area contributed by atoms with Gasteiger partial charge in [-0.15, -0.1) is 0 Å². The molecular weight excluding hydrogens is 475 g/mol. The van der Waals surface area contributed by atoms with Crippen molar-refractivity contribution in [2.75, 3.05) is 25.0 Å². The molecule has 9 heteroatoms. The quantitative estimate of drug-likeness (QED) is 0.605. The molecule has 0 spiro atoms. The lowest BCUT2D eigenvalue weighted by Gasteiger charge is -2.35. The number of alkyl halides is 3. The van der Waals surface area contributed by atoms with Crippen LogP contribution in [0.4, 0.5) is 18.9 Å². The van der Waals surface area contributed by atoms with Crippen LogP contribution in [0.15, 0.2) is 53.0 Å². The summed E-state index contributed by atoms with van der Waals surface area (Å²) in [5.74, 6) is -0.653. The predicted octanol–water partition coefficient (Wildman–Crippen LogP) is 4.75. The second-order valence-electron chi connectivity index (χ2n) is 7.41. The van der Waals surface area contributed by atoms with E-state index >= 15 is 0 Å². The number of nitrogens with one attached hydrogen (secondary N) is 2. The molecular formula is C22H23BrF3N3O2. The van der Waals surface area contributed by atoms with E-state index in [2.05, 4.69) is 26.6 Å². The Bertz CT molecular complexity index is 919. The monoisotopic (exact) mass is 497 g/mol. The zero-order chi connectivity index (χ0) is 22.4. The van der Waals surface area contributed by atoms with Crippen LogP contribution in [0.1, 0.15) is 36.4 Å². The minimum Gasteiger partial charge on any atom is -0.346 e. The number of carbonyl (C=O) groups excluding carboxylic acids is 2. The van der Waals surface area contributed by atoms with E-state index in [0.29, 0.717) is 12.2 Å². The Kier molecular flexibility index (Phi) is 7.72. The summed E-state index contributed by atoms with van der Waals surface area (Å²) >= 11 is 3.34. The molecule has 0 saturated carbocycles. The van der Waals surface area contributed by atoms with Gasteiger partial charge in [0.15, 0.2) is 0 Å². The van der Waals surface area contributed by atoms with Gasteiger partial charge in [-0.25, -0.2) is 0 Å². The van der Waals surface area contributed by atoms with Crippen molar-refractivity contribution in [3.63, 3.8) is 0 Å². The van der Waals surface area contributed by atoms with Crippen LogP contribution < -0.4 is 10.6 Å². The van der Waals surface area contributed by atoms with Crippen LogP contribution in [0.5, 0.6) is 0 Å². The molecule has 31 heavy (non-hydrogen) atoms. The van der Waals surface area contributed by atoms with E-state index in [4.69, 9.17) is 0 Å². The molecule has 1 atom stereocenters. The highest BCUT2D eigenvalue weighted by Crippen LogP contribution is 2.34. The number of likely N-dealkylation sites (tertiary alicyclic amines) is 1. The standard InChI is InChI=1S/C22H23BrF3N3O2/c23-17-5-1-2-6-18(17)28-20(30)13-27-21(31)14-29-12-4-3-7-19(29)15-8-10-16(11-9-15)22(24,25)26/h1-2,5-6,8-11,19H,3-4,7,12-14H2,(H,27,31)(H,28,30). The summed E-state index contributed by atoms with van der Waals surface area (Å²) in [6.07, 6.45) is -1.76. The van der Waals surface area contributed by atoms with Gasteiger partial charge in [0, 0.05) is 10.5 Å². The van der Waals surface area contributed by atoms with Crippen molar-refractivity contribution >= 4 is 33.4 Å². The van der Waals surface area contributed by atoms with E-state index in [1.165, 1.54) is 12.1 Å². The molecule has 5 nitrogen and oxygen atoms in total. The number of nitrogens with zero attached hydrogens (tertiary/aromatic N) is 1. The molecule has 0 bridgehead atoms. The predicted molar refractivity (Wildman–Crippen MR) is 115 cm³/mol. The Labute approximate surface area is 187 Å². The van der Waals surface area contributed by atoms with Crippen LogP contribution in [-0.2, 0) is 15.8 Å². The molecule has 0 aromatic heterocycles. The van der Waals surface area contributed by atoms with E-state index in [1.807, 2.05) is 11.0 Å². The van der Waals surface area contributed by atoms with Gasteiger partial charge in [-0.05, 0) is 65.1 Å². The number of hydrogen-bond acceptors (Lipinski definition) is 3. The first kappa shape index (κ1) is 23.3. The summed E-state index contributed by atoms with van der Waals surface area (Å²) in [4.78, 5) is 26.5. The Morgan fingerprint density at radius 2 is 1.74 bits per heavy atom. The normalized spacial score (nSPS) is 17.2. The Balaban J connectivity index is 1.55. The molecule has 2 amide bonds. The Morgan fingerprint density at radius 1 is 1.03 bits per heavy atom. The Hall–Kier alpha value is -2.39. The minimum absolute atomic E-state index is 0.0774. The maximum absolute atomic E-state index is 12.8. The van der Waals surface area contributed by atoms with Crippen molar-refractivity contribution in [2.45, 2.75) is 31.5 Å². The third kappa shape index (κ3) is 6.54. The zero-order valence-corrected chi connectivity index (χ0v) is 18.3. The van der Waals surface area contributed by atoms with Crippen molar-refractivity contribution in [1.82, 2.24) is 10.2 Å². The fourth-order valence-corrected chi connectivity index (χ4v) is 4.01. The maximum Gasteiger partial charge on any atom is 0.416 e. The SMILES string of the molecule is O=C(CN1CCCCC1c1ccc(C(F)(F)F)cc1)NCC(=O)Nc1ccccc1Br. The maximum atomic E-state index is 12.8. The van der Waals surface area contributed by atoms with Gasteiger partial charge in [0.25, 0.3) is 0 Å². The lowest BCUT2D eigenvalue weighted by molar-refractivity contribution is -0.137. The van der Waals surface area contributed by atoms with E-state index in [1.54, 1.807) is 18.2 Å². The van der Waals surface area contributed by atoms with Crippen LogP contribution in [0.2, 0.25) is 0 Å². The fraction of sp³-hybridized carbons (Fsp3) is 0.364. The number of amides is 2. The smallest absolute Gasteiger partial charge is 0.346 e. The molecule has 0 aliphatic carbocycles. The number of benzene rings is 2. The van der Waals surface area contributed by atoms with Crippen molar-refractivity contribution in [1.29, 1.82) is 0 Å². The third-order valence-electron chi connectivity index (χ3n) is 5.18. The van der Waals surface area contributed by atoms with E-state index in [9.17, 15) is 22.8 Å². The molecule has 166 valence electrons. The lowest BCUT2D eigenvalue weighted by Crippen LogP contribution is -2.43. The van der Waals surface area contributed by atoms with Crippen LogP contribution in [0, 0.1) is 0 Å². The molecule has 1 heterocycles. The number of piperidine rings is 1. The molecule has 1 aliphatic rings. The second-order valence-corrected chi connectivity index (χ2v) is 8.26. The highest BCUT2D eigenvalue weighted by Gasteiger charge is 2.31. The summed E-state index contributed by atoms with van der Waals surface area (Å²) in [5.41, 5.74) is 0.680. The van der Waals surface area contributed by atoms with E-state index in [0.717, 1.165) is 41.4 Å².